The zero-order chi connectivity index (χ0) is 28.4. The molecule has 1 aliphatic heterocycles. The summed E-state index contributed by atoms with van der Waals surface area (Å²) in [6, 6.07) is 21.7. The van der Waals surface area contributed by atoms with Crippen molar-refractivity contribution in [3.8, 4) is 0 Å². The Morgan fingerprint density at radius 3 is 2.34 bits per heavy atom. The lowest BCUT2D eigenvalue weighted by atomic mass is 9.89. The van der Waals surface area contributed by atoms with E-state index >= 15 is 0 Å². The monoisotopic (exact) mass is 570 g/mol. The third-order valence-electron chi connectivity index (χ3n) is 7.20. The highest BCUT2D eigenvalue weighted by molar-refractivity contribution is 7.89. The van der Waals surface area contributed by atoms with E-state index in [1.165, 1.54) is 16.4 Å². The van der Waals surface area contributed by atoms with Crippen LogP contribution < -0.4 is 10.6 Å². The molecule has 1 saturated heterocycles. The summed E-state index contributed by atoms with van der Waals surface area (Å²) < 4.78 is 41.3. The van der Waals surface area contributed by atoms with Gasteiger partial charge < -0.3 is 15.6 Å². The molecule has 0 spiro atoms. The molecule has 0 radical (unpaired) electrons. The van der Waals surface area contributed by atoms with Crippen molar-refractivity contribution in [3.05, 3.63) is 103 Å². The maximum Gasteiger partial charge on any atom is 0.243 e. The molecule has 0 amide bonds. The van der Waals surface area contributed by atoms with Crippen LogP contribution in [0, 0.1) is 11.7 Å². The van der Waals surface area contributed by atoms with Crippen molar-refractivity contribution in [2.45, 2.75) is 17.7 Å². The molecule has 11 heteroatoms. The van der Waals surface area contributed by atoms with Gasteiger partial charge in [0.1, 0.15) is 11.6 Å². The molecule has 3 aromatic carbocycles. The highest BCUT2D eigenvalue weighted by atomic mass is 32.2. The molecule has 41 heavy (non-hydrogen) atoms. The van der Waals surface area contributed by atoms with Crippen molar-refractivity contribution < 1.29 is 17.6 Å². The molecule has 0 aliphatic carbocycles. The number of hydrogen-bond donors (Lipinski definition) is 3. The van der Waals surface area contributed by atoms with Gasteiger partial charge in [0.15, 0.2) is 5.78 Å². The van der Waals surface area contributed by atoms with Crippen LogP contribution in [0.2, 0.25) is 0 Å². The number of ketones is 1. The molecule has 3 N–H and O–H groups in total. The molecule has 0 bridgehead atoms. The van der Waals surface area contributed by atoms with Gasteiger partial charge in [-0.05, 0) is 73.5 Å². The number of carbonyl (C=O) groups is 1. The molecule has 6 rings (SSSR count). The van der Waals surface area contributed by atoms with Gasteiger partial charge in [0, 0.05) is 59.2 Å². The summed E-state index contributed by atoms with van der Waals surface area (Å²) in [4.78, 5) is 25.1. The van der Waals surface area contributed by atoms with Crippen LogP contribution in [-0.4, -0.2) is 46.5 Å². The fraction of sp³-hybridized carbons (Fsp3) is 0.167. The molecule has 1 aliphatic rings. The van der Waals surface area contributed by atoms with Crippen LogP contribution in [0.5, 0.6) is 0 Å². The number of aromatic amines is 1. The molecular weight excluding hydrogens is 543 g/mol. The number of rotatable bonds is 8. The van der Waals surface area contributed by atoms with Crippen molar-refractivity contribution in [3.63, 3.8) is 0 Å². The van der Waals surface area contributed by atoms with E-state index in [1.807, 2.05) is 24.3 Å². The molecule has 208 valence electrons. The molecule has 3 heterocycles. The summed E-state index contributed by atoms with van der Waals surface area (Å²) >= 11 is 0. The molecule has 5 aromatic rings. The number of anilines is 4. The van der Waals surface area contributed by atoms with Gasteiger partial charge in [0.05, 0.1) is 4.90 Å². The van der Waals surface area contributed by atoms with E-state index < -0.39 is 10.0 Å². The fourth-order valence-electron chi connectivity index (χ4n) is 5.01. The highest BCUT2D eigenvalue weighted by Gasteiger charge is 2.33. The lowest BCUT2D eigenvalue weighted by Gasteiger charge is -2.30. The van der Waals surface area contributed by atoms with Crippen molar-refractivity contribution in [1.82, 2.24) is 19.3 Å². The Hall–Kier alpha value is -4.61. The summed E-state index contributed by atoms with van der Waals surface area (Å²) in [5, 5.41) is 7.05. The average molecular weight is 571 g/mol. The van der Waals surface area contributed by atoms with Crippen LogP contribution in [0.1, 0.15) is 23.2 Å². The summed E-state index contributed by atoms with van der Waals surface area (Å²) in [5.41, 5.74) is 2.86. The molecule has 9 nitrogen and oxygen atoms in total. The Morgan fingerprint density at radius 2 is 1.59 bits per heavy atom. The van der Waals surface area contributed by atoms with Crippen molar-refractivity contribution >= 4 is 49.9 Å². The predicted octanol–water partition coefficient (Wildman–Crippen LogP) is 5.87. The first-order valence-electron chi connectivity index (χ1n) is 13.2. The van der Waals surface area contributed by atoms with Crippen LogP contribution in [0.4, 0.5) is 27.5 Å². The van der Waals surface area contributed by atoms with Crippen LogP contribution in [0.15, 0.2) is 96.2 Å². The smallest absolute Gasteiger partial charge is 0.243 e. The first kappa shape index (κ1) is 26.6. The summed E-state index contributed by atoms with van der Waals surface area (Å²) in [7, 11) is -3.71. The van der Waals surface area contributed by atoms with Crippen molar-refractivity contribution in [2.24, 2.45) is 5.92 Å². The Balaban J connectivity index is 1.08. The van der Waals surface area contributed by atoms with Crippen LogP contribution >= 0.6 is 0 Å². The maximum absolute atomic E-state index is 13.3. The fourth-order valence-corrected chi connectivity index (χ4v) is 6.48. The second-order valence-corrected chi connectivity index (χ2v) is 11.8. The molecule has 0 unspecified atom stereocenters. The number of H-pyrrole nitrogens is 1. The van der Waals surface area contributed by atoms with Crippen LogP contribution in [0.25, 0.3) is 10.9 Å². The number of fused-ring (bicyclic) bond motifs is 1. The van der Waals surface area contributed by atoms with Gasteiger partial charge in [-0.1, -0.05) is 18.2 Å². The largest absolute Gasteiger partial charge is 0.360 e. The van der Waals surface area contributed by atoms with Gasteiger partial charge in [-0.25, -0.2) is 17.8 Å². The number of Topliss-reactive ketones (excluding diaryl/α,β-unsaturated/α-hetero) is 1. The van der Waals surface area contributed by atoms with Gasteiger partial charge in [-0.15, -0.1) is 0 Å². The molecule has 2 aromatic heterocycles. The summed E-state index contributed by atoms with van der Waals surface area (Å²) in [5.74, 6) is 0.330. The number of aromatic nitrogens is 3. The average Bonchev–Trinajstić information content (AvgIpc) is 3.43. The molecule has 0 saturated carbocycles. The Bertz CT molecular complexity index is 1800. The third kappa shape index (κ3) is 5.67. The topological polar surface area (TPSA) is 120 Å². The van der Waals surface area contributed by atoms with Gasteiger partial charge >= 0.3 is 0 Å². The van der Waals surface area contributed by atoms with E-state index in [0.29, 0.717) is 41.5 Å². The van der Waals surface area contributed by atoms with Gasteiger partial charge in [0.25, 0.3) is 0 Å². The van der Waals surface area contributed by atoms with E-state index in [1.54, 1.807) is 54.9 Å². The van der Waals surface area contributed by atoms with E-state index in [4.69, 9.17) is 0 Å². The van der Waals surface area contributed by atoms with E-state index in [2.05, 4.69) is 25.6 Å². The van der Waals surface area contributed by atoms with Gasteiger partial charge in [-0.3, -0.25) is 4.79 Å². The Morgan fingerprint density at radius 1 is 0.902 bits per heavy atom. The Labute approximate surface area is 236 Å². The second kappa shape index (κ2) is 11.1. The third-order valence-corrected chi connectivity index (χ3v) is 9.11. The molecular formula is C30H27FN6O3S. The van der Waals surface area contributed by atoms with Gasteiger partial charge in [-0.2, -0.15) is 9.29 Å². The van der Waals surface area contributed by atoms with E-state index in [9.17, 15) is 17.6 Å². The van der Waals surface area contributed by atoms with E-state index in [0.717, 1.165) is 10.9 Å². The predicted molar refractivity (Wildman–Crippen MR) is 156 cm³/mol. The summed E-state index contributed by atoms with van der Waals surface area (Å²) in [6.45, 7) is 0.561. The molecule has 0 atom stereocenters. The first-order chi connectivity index (χ1) is 19.9. The van der Waals surface area contributed by atoms with Crippen LogP contribution in [0.3, 0.4) is 0 Å². The minimum absolute atomic E-state index is 0.0501. The van der Waals surface area contributed by atoms with Crippen LogP contribution in [-0.2, 0) is 10.0 Å². The zero-order valence-corrected chi connectivity index (χ0v) is 22.7. The van der Waals surface area contributed by atoms with Gasteiger partial charge in [0.2, 0.25) is 16.0 Å². The quantitative estimate of drug-likeness (QED) is 0.200. The number of halogens is 1. The number of para-hydroxylation sites is 1. The lowest BCUT2D eigenvalue weighted by Crippen LogP contribution is -2.40. The van der Waals surface area contributed by atoms with Crippen molar-refractivity contribution in [2.75, 3.05) is 23.7 Å². The van der Waals surface area contributed by atoms with E-state index in [-0.39, 0.29) is 35.5 Å². The minimum atomic E-state index is -3.71. The number of hydrogen-bond acceptors (Lipinski definition) is 7. The SMILES string of the molecule is O=C(c1c[nH]c2ccccc12)C1CCN(S(=O)(=O)c2ccc(Nc3nccc(Nc4ccc(F)cc4)n3)cc2)CC1. The van der Waals surface area contributed by atoms with Crippen molar-refractivity contribution in [1.29, 1.82) is 0 Å². The standard InChI is InChI=1S/C30H27FN6O3S/c31-21-5-7-22(8-6-21)34-28-13-16-32-30(36-28)35-23-9-11-24(12-10-23)41(39,40)37-17-14-20(15-18-37)29(38)26-19-33-27-4-2-1-3-25(26)27/h1-13,16,19-20,33H,14-15,17-18H2,(H2,32,34,35,36). The summed E-state index contributed by atoms with van der Waals surface area (Å²) in [6.07, 6.45) is 4.26. The zero-order valence-electron chi connectivity index (χ0n) is 21.9. The Kier molecular flexibility index (Phi) is 7.21. The number of sulfonamides is 1. The lowest BCUT2D eigenvalue weighted by molar-refractivity contribution is 0.0877. The normalized spacial score (nSPS) is 14.7. The molecule has 1 fully saturated rings. The number of piperidine rings is 1. The first-order valence-corrected chi connectivity index (χ1v) is 14.6. The number of benzene rings is 3. The number of nitrogens with zero attached hydrogens (tertiary/aromatic N) is 3. The second-order valence-electron chi connectivity index (χ2n) is 9.84. The number of nitrogens with one attached hydrogen (secondary N) is 3. The maximum atomic E-state index is 13.3. The highest BCUT2D eigenvalue weighted by Crippen LogP contribution is 2.29. The number of carbonyl (C=O) groups excluding carboxylic acids is 1. The minimum Gasteiger partial charge on any atom is -0.360 e.